The molecule has 6 nitrogen and oxygen atoms in total. The topological polar surface area (TPSA) is 79.8 Å². The largest absolute Gasteiger partial charge is 0.489 e. The van der Waals surface area contributed by atoms with E-state index < -0.39 is 9.84 Å². The minimum atomic E-state index is -3.05. The summed E-state index contributed by atoms with van der Waals surface area (Å²) in [5.41, 5.74) is 1.74. The van der Waals surface area contributed by atoms with Gasteiger partial charge >= 0.3 is 0 Å². The maximum atomic E-state index is 13.3. The first-order chi connectivity index (χ1) is 14.3. The predicted octanol–water partition coefficient (Wildman–Crippen LogP) is 3.90. The molecule has 0 spiro atoms. The van der Waals surface area contributed by atoms with Crippen molar-refractivity contribution in [2.75, 3.05) is 19.3 Å². The van der Waals surface area contributed by atoms with Crippen molar-refractivity contribution < 1.29 is 17.5 Å². The van der Waals surface area contributed by atoms with Crippen molar-refractivity contribution in [1.29, 1.82) is 0 Å². The first-order valence-corrected chi connectivity index (χ1v) is 12.0. The molecule has 9 heteroatoms. The van der Waals surface area contributed by atoms with Gasteiger partial charge < -0.3 is 15.4 Å². The van der Waals surface area contributed by atoms with Crippen molar-refractivity contribution in [3.63, 3.8) is 0 Å². The summed E-state index contributed by atoms with van der Waals surface area (Å²) < 4.78 is 42.0. The van der Waals surface area contributed by atoms with E-state index in [4.69, 9.17) is 4.74 Å². The van der Waals surface area contributed by atoms with Gasteiger partial charge in [-0.1, -0.05) is 37.3 Å². The van der Waals surface area contributed by atoms with Gasteiger partial charge in [0.15, 0.2) is 15.8 Å². The van der Waals surface area contributed by atoms with Gasteiger partial charge in [-0.05, 0) is 36.6 Å². The third kappa shape index (κ3) is 10.8. The van der Waals surface area contributed by atoms with Crippen molar-refractivity contribution in [2.45, 2.75) is 38.7 Å². The van der Waals surface area contributed by atoms with Crippen molar-refractivity contribution >= 4 is 39.8 Å². The zero-order valence-electron chi connectivity index (χ0n) is 18.1. The summed E-state index contributed by atoms with van der Waals surface area (Å²) in [5, 5.41) is 6.45. The van der Waals surface area contributed by atoms with Crippen LogP contribution in [-0.2, 0) is 22.1 Å². The fraction of sp³-hybridized carbons (Fsp3) is 0.409. The van der Waals surface area contributed by atoms with Gasteiger partial charge in [0.05, 0.1) is 18.8 Å². The van der Waals surface area contributed by atoms with Crippen LogP contribution in [0.5, 0.6) is 5.75 Å². The molecule has 172 valence electrons. The third-order valence-corrected chi connectivity index (χ3v) is 5.12. The van der Waals surface area contributed by atoms with E-state index >= 15 is 0 Å². The molecule has 0 heterocycles. The number of guanidine groups is 1. The molecule has 2 aromatic rings. The fourth-order valence-electron chi connectivity index (χ4n) is 2.77. The van der Waals surface area contributed by atoms with Gasteiger partial charge in [-0.3, -0.25) is 0 Å². The minimum absolute atomic E-state index is 0. The van der Waals surface area contributed by atoms with E-state index in [1.165, 1.54) is 18.4 Å². The van der Waals surface area contributed by atoms with Crippen molar-refractivity contribution in [1.82, 2.24) is 10.6 Å². The highest BCUT2D eigenvalue weighted by Crippen LogP contribution is 2.15. The average Bonchev–Trinajstić information content (AvgIpc) is 2.69. The van der Waals surface area contributed by atoms with Crippen LogP contribution in [-0.4, -0.2) is 39.8 Å². The van der Waals surface area contributed by atoms with Gasteiger partial charge in [0.2, 0.25) is 0 Å². The molecule has 0 fully saturated rings. The number of nitrogens with zero attached hydrogens (tertiary/aromatic N) is 1. The molecule has 0 amide bonds. The molecule has 0 saturated carbocycles. The molecule has 0 radical (unpaired) electrons. The van der Waals surface area contributed by atoms with Crippen molar-refractivity contribution in [2.24, 2.45) is 4.99 Å². The Kier molecular flexibility index (Phi) is 11.8. The average molecular weight is 563 g/mol. The molecular formula is C22H31FIN3O3S. The third-order valence-electron chi connectivity index (χ3n) is 4.27. The van der Waals surface area contributed by atoms with E-state index in [0.717, 1.165) is 17.5 Å². The second-order valence-electron chi connectivity index (χ2n) is 7.07. The summed E-state index contributed by atoms with van der Waals surface area (Å²) in [6.45, 7) is 5.67. The molecule has 0 aliphatic heterocycles. The predicted molar refractivity (Wildman–Crippen MR) is 134 cm³/mol. The van der Waals surface area contributed by atoms with E-state index in [1.54, 1.807) is 12.1 Å². The first-order valence-electron chi connectivity index (χ1n) is 9.99. The highest BCUT2D eigenvalue weighted by Gasteiger charge is 2.10. The van der Waals surface area contributed by atoms with Crippen LogP contribution >= 0.6 is 24.0 Å². The van der Waals surface area contributed by atoms with Crippen molar-refractivity contribution in [3.8, 4) is 5.75 Å². The van der Waals surface area contributed by atoms with Crippen LogP contribution in [0.3, 0.4) is 0 Å². The molecule has 2 N–H and O–H groups in total. The van der Waals surface area contributed by atoms with Gasteiger partial charge in [0.25, 0.3) is 0 Å². The lowest BCUT2D eigenvalue weighted by molar-refractivity contribution is 0.198. The van der Waals surface area contributed by atoms with Crippen LogP contribution < -0.4 is 15.4 Å². The number of hydrogen-bond donors (Lipinski definition) is 2. The summed E-state index contributed by atoms with van der Waals surface area (Å²) in [6.07, 6.45) is 1.84. The molecule has 0 saturated heterocycles. The van der Waals surface area contributed by atoms with Crippen LogP contribution in [0.25, 0.3) is 0 Å². The zero-order valence-corrected chi connectivity index (χ0v) is 21.2. The lowest BCUT2D eigenvalue weighted by atomic mass is 10.1. The first kappa shape index (κ1) is 27.2. The highest BCUT2D eigenvalue weighted by molar-refractivity contribution is 14.0. The Morgan fingerprint density at radius 1 is 1.10 bits per heavy atom. The molecule has 31 heavy (non-hydrogen) atoms. The summed E-state index contributed by atoms with van der Waals surface area (Å²) in [6, 6.07) is 13.5. The smallest absolute Gasteiger partial charge is 0.191 e. The molecular weight excluding hydrogens is 532 g/mol. The Labute approximate surface area is 201 Å². The lowest BCUT2D eigenvalue weighted by Gasteiger charge is -2.20. The van der Waals surface area contributed by atoms with E-state index in [1.807, 2.05) is 38.1 Å². The van der Waals surface area contributed by atoms with Crippen LogP contribution in [0.4, 0.5) is 4.39 Å². The fourth-order valence-corrected chi connectivity index (χ4v) is 3.57. The molecule has 0 aliphatic carbocycles. The summed E-state index contributed by atoms with van der Waals surface area (Å²) in [4.78, 5) is 4.58. The summed E-state index contributed by atoms with van der Waals surface area (Å²) in [5.74, 6) is 0.858. The van der Waals surface area contributed by atoms with Crippen LogP contribution in [0, 0.1) is 5.82 Å². The van der Waals surface area contributed by atoms with E-state index in [2.05, 4.69) is 15.6 Å². The number of halogens is 2. The van der Waals surface area contributed by atoms with Gasteiger partial charge in [-0.25, -0.2) is 17.8 Å². The second kappa shape index (κ2) is 13.5. The summed E-state index contributed by atoms with van der Waals surface area (Å²) >= 11 is 0. The second-order valence-corrected chi connectivity index (χ2v) is 9.21. The van der Waals surface area contributed by atoms with Gasteiger partial charge in [-0.2, -0.15) is 0 Å². The Morgan fingerprint density at radius 3 is 2.35 bits per heavy atom. The maximum Gasteiger partial charge on any atom is 0.191 e. The van der Waals surface area contributed by atoms with E-state index in [0.29, 0.717) is 31.3 Å². The lowest BCUT2D eigenvalue weighted by Crippen LogP contribution is -2.42. The molecule has 0 aliphatic rings. The van der Waals surface area contributed by atoms with Crippen LogP contribution in [0.2, 0.25) is 0 Å². The van der Waals surface area contributed by atoms with E-state index in [-0.39, 0.29) is 41.7 Å². The summed E-state index contributed by atoms with van der Waals surface area (Å²) in [7, 11) is -3.05. The number of nitrogens with one attached hydrogen (secondary N) is 2. The monoisotopic (exact) mass is 563 g/mol. The zero-order chi connectivity index (χ0) is 22.0. The SMILES string of the molecule is CCNC(=NCc1ccc(CS(C)(=O)=O)cc1)NCC(CC)Oc1cccc(F)c1.I. The Hall–Kier alpha value is -1.88. The Bertz CT molecular complexity index is 937. The number of benzene rings is 2. The highest BCUT2D eigenvalue weighted by atomic mass is 127. The standard InChI is InChI=1S/C22H30FN3O3S.HI/c1-4-20(29-21-8-6-7-19(23)13-21)15-26-22(24-5-2)25-14-17-9-11-18(12-10-17)16-30(3,27)28;/h6-13,20H,4-5,14-16H2,1-3H3,(H2,24,25,26);1H. The molecule has 2 rings (SSSR count). The van der Waals surface area contributed by atoms with Crippen molar-refractivity contribution in [3.05, 3.63) is 65.5 Å². The molecule has 1 unspecified atom stereocenters. The number of hydrogen-bond acceptors (Lipinski definition) is 4. The van der Waals surface area contributed by atoms with E-state index in [9.17, 15) is 12.8 Å². The van der Waals surface area contributed by atoms with Gasteiger partial charge in [-0.15, -0.1) is 24.0 Å². The molecule has 1 atom stereocenters. The van der Waals surface area contributed by atoms with Gasteiger partial charge in [0.1, 0.15) is 17.7 Å². The normalized spacial score (nSPS) is 12.6. The number of aliphatic imine (C=N–C) groups is 1. The van der Waals surface area contributed by atoms with Gasteiger partial charge in [0, 0.05) is 18.9 Å². The molecule has 2 aromatic carbocycles. The molecule has 0 bridgehead atoms. The van der Waals surface area contributed by atoms with Crippen LogP contribution in [0.15, 0.2) is 53.5 Å². The minimum Gasteiger partial charge on any atom is -0.489 e. The molecule has 0 aromatic heterocycles. The Balaban J connectivity index is 0.00000480. The van der Waals surface area contributed by atoms with Crippen LogP contribution in [0.1, 0.15) is 31.4 Å². The number of sulfone groups is 1. The maximum absolute atomic E-state index is 13.3. The Morgan fingerprint density at radius 2 is 1.77 bits per heavy atom. The number of ether oxygens (including phenoxy) is 1. The number of rotatable bonds is 10. The quantitative estimate of drug-likeness (QED) is 0.261.